The van der Waals surface area contributed by atoms with E-state index in [2.05, 4.69) is 0 Å². The predicted octanol–water partition coefficient (Wildman–Crippen LogP) is 10.5. The van der Waals surface area contributed by atoms with Crippen molar-refractivity contribution < 1.29 is 159 Å². The number of hydrogen-bond acceptors (Lipinski definition) is 2. The molecule has 2 nitrogen and oxygen atoms in total. The molecule has 0 saturated heterocycles. The van der Waals surface area contributed by atoms with E-state index in [1.165, 1.54) is 0 Å². The molecule has 0 aliphatic heterocycles. The molecule has 0 aromatic rings. The van der Waals surface area contributed by atoms with Gasteiger partial charge < -0.3 is 4.74 Å². The average Bonchev–Trinajstić information content (AvgIpc) is 2.89. The zero-order chi connectivity index (χ0) is 44.3. The number of rotatable bonds is 14. The van der Waals surface area contributed by atoms with Crippen LogP contribution in [0.15, 0.2) is 0 Å². The summed E-state index contributed by atoms with van der Waals surface area (Å²) in [6.45, 7) is 0. The van der Waals surface area contributed by atoms with E-state index in [1.807, 2.05) is 0 Å². The molecular weight excluding hydrogens is 882 g/mol. The highest BCUT2D eigenvalue weighted by Gasteiger charge is 2.98. The second-order valence-electron chi connectivity index (χ2n) is 9.37. The second kappa shape index (κ2) is 12.0. The third kappa shape index (κ3) is 6.05. The second-order valence-corrected chi connectivity index (χ2v) is 9.37. The molecule has 0 atom stereocenters. The number of alkyl halides is 34. The summed E-state index contributed by atoms with van der Waals surface area (Å²) in [5.74, 6) is -128. The van der Waals surface area contributed by atoms with Gasteiger partial charge in [0.05, 0.1) is 0 Å². The van der Waals surface area contributed by atoms with Gasteiger partial charge in [-0.25, -0.2) is 4.79 Å². The Morgan fingerprint density at radius 2 is 0.415 bits per heavy atom. The summed E-state index contributed by atoms with van der Waals surface area (Å²) >= 11 is 0. The highest BCUT2D eigenvalue weighted by molar-refractivity contribution is 5.79. The molecule has 36 heteroatoms. The van der Waals surface area contributed by atoms with Crippen LogP contribution in [0.3, 0.4) is 0 Å². The number of hydrogen-bond donors (Lipinski definition) is 0. The first-order chi connectivity index (χ1) is 22.1. The molecule has 0 fully saturated rings. The maximum atomic E-state index is 13.6. The third-order valence-electron chi connectivity index (χ3n) is 5.89. The van der Waals surface area contributed by atoms with Crippen molar-refractivity contribution in [1.82, 2.24) is 0 Å². The fourth-order valence-electron chi connectivity index (χ4n) is 2.69. The van der Waals surface area contributed by atoms with E-state index in [0.29, 0.717) is 0 Å². The molecule has 0 radical (unpaired) electrons. The Labute approximate surface area is 261 Å². The fraction of sp³-hybridized carbons (Fsp3) is 0.941. The normalized spacial score (nSPS) is 16.9. The summed E-state index contributed by atoms with van der Waals surface area (Å²) in [6.07, 6.45) is -25.7. The molecule has 0 saturated carbocycles. The van der Waals surface area contributed by atoms with Crippen molar-refractivity contribution in [3.05, 3.63) is 0 Å². The van der Waals surface area contributed by atoms with Gasteiger partial charge in [-0.1, -0.05) is 0 Å². The van der Waals surface area contributed by atoms with Gasteiger partial charge in [-0.15, -0.1) is 0 Å². The van der Waals surface area contributed by atoms with Gasteiger partial charge in [0, 0.05) is 0 Å². The number of esters is 1. The van der Waals surface area contributed by atoms with Crippen LogP contribution in [0, 0.1) is 0 Å². The zero-order valence-corrected chi connectivity index (χ0v) is 22.2. The summed E-state index contributed by atoms with van der Waals surface area (Å²) < 4.78 is 447. The Morgan fingerprint density at radius 3 is 0.623 bits per heavy atom. The molecule has 53 heavy (non-hydrogen) atoms. The van der Waals surface area contributed by atoms with Gasteiger partial charge >= 0.3 is 101 Å². The van der Waals surface area contributed by atoms with Crippen molar-refractivity contribution in [1.29, 1.82) is 0 Å². The van der Waals surface area contributed by atoms with Crippen molar-refractivity contribution in [2.24, 2.45) is 0 Å². The molecule has 0 spiro atoms. The fourth-order valence-corrected chi connectivity index (χ4v) is 2.69. The van der Waals surface area contributed by atoms with Crippen LogP contribution in [-0.2, 0) is 9.53 Å². The maximum absolute atomic E-state index is 13.6. The standard InChI is InChI=1S/C17F34O2/c18-2(19,3(20,21)4(22,23)5(24,25)9(32,33)12(38,39)15(44,45)46)1(52)53-17(50,51)14(42,43)11(36,37)8(30,31)6(26,27)7(28,29)10(34,35)13(40,41)16(47,48)49. The smallest absolute Gasteiger partial charge is 0.391 e. The first-order valence-electron chi connectivity index (χ1n) is 10.8. The monoisotopic (exact) mass is 882 g/mol. The van der Waals surface area contributed by atoms with Gasteiger partial charge in [0.15, 0.2) is 0 Å². The van der Waals surface area contributed by atoms with Crippen LogP contribution < -0.4 is 0 Å². The molecule has 0 amide bonds. The molecule has 0 aromatic heterocycles. The van der Waals surface area contributed by atoms with Crippen molar-refractivity contribution in [3.8, 4) is 0 Å². The molecule has 0 heterocycles. The minimum absolute atomic E-state index is 0.906. The molecule has 0 aliphatic rings. The van der Waals surface area contributed by atoms with Crippen LogP contribution in [0.1, 0.15) is 0 Å². The van der Waals surface area contributed by atoms with Crippen LogP contribution in [0.25, 0.3) is 0 Å². The van der Waals surface area contributed by atoms with Crippen molar-refractivity contribution in [3.63, 3.8) is 0 Å². The first-order valence-corrected chi connectivity index (χ1v) is 10.8. The lowest BCUT2D eigenvalue weighted by Gasteiger charge is -2.43. The Balaban J connectivity index is 7.27. The predicted molar refractivity (Wildman–Crippen MR) is 87.5 cm³/mol. The number of carbonyl (C=O) groups is 1. The number of carbonyl (C=O) groups excluding carboxylic acids is 1. The topological polar surface area (TPSA) is 26.3 Å². The Morgan fingerprint density at radius 1 is 0.245 bits per heavy atom. The summed E-state index contributed by atoms with van der Waals surface area (Å²) in [6, 6.07) is 0. The van der Waals surface area contributed by atoms with Gasteiger partial charge in [-0.2, -0.15) is 149 Å². The van der Waals surface area contributed by atoms with Gasteiger partial charge in [-0.05, 0) is 0 Å². The maximum Gasteiger partial charge on any atom is 0.473 e. The van der Waals surface area contributed by atoms with Crippen LogP contribution >= 0.6 is 0 Å². The van der Waals surface area contributed by atoms with E-state index >= 15 is 0 Å². The van der Waals surface area contributed by atoms with Gasteiger partial charge in [0.1, 0.15) is 0 Å². The minimum Gasteiger partial charge on any atom is -0.391 e. The molecular formula is C17F34O2. The van der Waals surface area contributed by atoms with E-state index < -0.39 is 101 Å². The summed E-state index contributed by atoms with van der Waals surface area (Å²) in [4.78, 5) is 10.9. The SMILES string of the molecule is O=C(OC(F)(F)C(F)(F)C(F)(F)C(F)(F)C(F)(F)C(F)(F)C(F)(F)C(F)(F)C(F)(F)F)C(F)(F)C(F)(F)C(F)(F)C(F)(F)C(F)(F)C(F)(F)C(F)(F)F. The summed E-state index contributed by atoms with van der Waals surface area (Å²) in [7, 11) is 0. The molecule has 318 valence electrons. The number of halogens is 34. The Hall–Kier alpha value is -2.91. The van der Waals surface area contributed by atoms with E-state index in [4.69, 9.17) is 0 Å². The van der Waals surface area contributed by atoms with E-state index in [9.17, 15) is 154 Å². The van der Waals surface area contributed by atoms with Crippen LogP contribution in [0.2, 0.25) is 0 Å². The zero-order valence-electron chi connectivity index (χ0n) is 22.2. The Kier molecular flexibility index (Phi) is 11.4. The molecule has 0 aliphatic carbocycles. The molecule has 0 aromatic carbocycles. The quantitative estimate of drug-likeness (QED) is 0.128. The lowest BCUT2D eigenvalue weighted by molar-refractivity contribution is -0.479. The van der Waals surface area contributed by atoms with E-state index in [1.54, 1.807) is 0 Å². The summed E-state index contributed by atoms with van der Waals surface area (Å²) in [5, 5.41) is 0. The van der Waals surface area contributed by atoms with Crippen LogP contribution in [0.5, 0.6) is 0 Å². The Bertz CT molecular complexity index is 1360. The highest BCUT2D eigenvalue weighted by Crippen LogP contribution is 2.66. The van der Waals surface area contributed by atoms with Gasteiger partial charge in [0.25, 0.3) is 0 Å². The lowest BCUT2D eigenvalue weighted by atomic mass is 9.88. The molecule has 0 unspecified atom stereocenters. The van der Waals surface area contributed by atoms with Crippen molar-refractivity contribution in [2.45, 2.75) is 95.5 Å². The average molecular weight is 882 g/mol. The largest absolute Gasteiger partial charge is 0.473 e. The minimum atomic E-state index is -9.80. The van der Waals surface area contributed by atoms with Gasteiger partial charge in [0.2, 0.25) is 0 Å². The van der Waals surface area contributed by atoms with Gasteiger partial charge in [-0.3, -0.25) is 0 Å². The number of ether oxygens (including phenoxy) is 1. The lowest BCUT2D eigenvalue weighted by Crippen LogP contribution is -2.76. The summed E-state index contributed by atoms with van der Waals surface area (Å²) in [5.41, 5.74) is 0. The molecule has 0 N–H and O–H groups in total. The molecule has 0 bridgehead atoms. The van der Waals surface area contributed by atoms with Crippen molar-refractivity contribution >= 4 is 5.97 Å². The first kappa shape index (κ1) is 50.1. The van der Waals surface area contributed by atoms with E-state index in [0.717, 1.165) is 4.74 Å². The van der Waals surface area contributed by atoms with E-state index in [-0.39, 0.29) is 0 Å². The van der Waals surface area contributed by atoms with Crippen LogP contribution in [-0.4, -0.2) is 101 Å². The highest BCUT2D eigenvalue weighted by atomic mass is 19.4. The van der Waals surface area contributed by atoms with Crippen molar-refractivity contribution in [2.75, 3.05) is 0 Å². The third-order valence-corrected chi connectivity index (χ3v) is 5.89. The van der Waals surface area contributed by atoms with Crippen LogP contribution in [0.4, 0.5) is 149 Å². The molecule has 0 rings (SSSR count).